The number of rotatable bonds is 4. The first-order valence-electron chi connectivity index (χ1n) is 5.16. The standard InChI is InChI=1S/C12H13BrN2S/c1-14-12-15-10(11(13)16-12)8-7-9-5-3-2-4-6-9/h2-6H,7-8H2,1H3,(H,14,15). The normalized spacial score (nSPS) is 10.4. The van der Waals surface area contributed by atoms with Crippen molar-refractivity contribution < 1.29 is 0 Å². The molecule has 1 aromatic carbocycles. The van der Waals surface area contributed by atoms with E-state index in [1.807, 2.05) is 13.1 Å². The summed E-state index contributed by atoms with van der Waals surface area (Å²) in [6.07, 6.45) is 2.01. The maximum absolute atomic E-state index is 4.50. The van der Waals surface area contributed by atoms with E-state index in [2.05, 4.69) is 50.5 Å². The molecule has 1 heterocycles. The zero-order valence-corrected chi connectivity index (χ0v) is 11.4. The van der Waals surface area contributed by atoms with Gasteiger partial charge in [0, 0.05) is 7.05 Å². The second-order valence-electron chi connectivity index (χ2n) is 3.48. The first-order valence-corrected chi connectivity index (χ1v) is 6.77. The van der Waals surface area contributed by atoms with Crippen LogP contribution in [-0.4, -0.2) is 12.0 Å². The van der Waals surface area contributed by atoms with E-state index < -0.39 is 0 Å². The van der Waals surface area contributed by atoms with E-state index >= 15 is 0 Å². The van der Waals surface area contributed by atoms with Gasteiger partial charge in [-0.25, -0.2) is 4.98 Å². The number of thiazole rings is 1. The Morgan fingerprint density at radius 2 is 2.00 bits per heavy atom. The topological polar surface area (TPSA) is 24.9 Å². The highest BCUT2D eigenvalue weighted by molar-refractivity contribution is 9.11. The van der Waals surface area contributed by atoms with Gasteiger partial charge in [-0.15, -0.1) is 0 Å². The van der Waals surface area contributed by atoms with Gasteiger partial charge in [-0.05, 0) is 34.3 Å². The van der Waals surface area contributed by atoms with Crippen molar-refractivity contribution in [1.29, 1.82) is 0 Å². The van der Waals surface area contributed by atoms with Gasteiger partial charge in [0.2, 0.25) is 0 Å². The minimum absolute atomic E-state index is 0.968. The number of benzene rings is 1. The molecule has 2 nitrogen and oxygen atoms in total. The van der Waals surface area contributed by atoms with E-state index in [1.165, 1.54) is 5.56 Å². The van der Waals surface area contributed by atoms with Crippen LogP contribution in [-0.2, 0) is 12.8 Å². The van der Waals surface area contributed by atoms with Gasteiger partial charge in [0.1, 0.15) is 0 Å². The Balaban J connectivity index is 2.02. The van der Waals surface area contributed by atoms with Crippen LogP contribution in [0.4, 0.5) is 5.13 Å². The molecule has 0 spiro atoms. The third kappa shape index (κ3) is 2.83. The molecule has 0 aliphatic heterocycles. The van der Waals surface area contributed by atoms with Crippen LogP contribution in [0.15, 0.2) is 34.1 Å². The van der Waals surface area contributed by atoms with Crippen LogP contribution in [0, 0.1) is 0 Å². The van der Waals surface area contributed by atoms with Crippen LogP contribution in [0.2, 0.25) is 0 Å². The van der Waals surface area contributed by atoms with Crippen LogP contribution in [0.25, 0.3) is 0 Å². The van der Waals surface area contributed by atoms with E-state index in [-0.39, 0.29) is 0 Å². The molecule has 84 valence electrons. The van der Waals surface area contributed by atoms with Gasteiger partial charge in [-0.3, -0.25) is 0 Å². The van der Waals surface area contributed by atoms with Gasteiger partial charge in [0.15, 0.2) is 5.13 Å². The van der Waals surface area contributed by atoms with E-state index in [0.29, 0.717) is 0 Å². The van der Waals surface area contributed by atoms with E-state index in [9.17, 15) is 0 Å². The molecule has 0 saturated heterocycles. The average molecular weight is 297 g/mol. The average Bonchev–Trinajstić information content (AvgIpc) is 2.69. The first-order chi connectivity index (χ1) is 7.79. The minimum atomic E-state index is 0.968. The Kier molecular flexibility index (Phi) is 3.96. The lowest BCUT2D eigenvalue weighted by molar-refractivity contribution is 0.921. The lowest BCUT2D eigenvalue weighted by atomic mass is 10.1. The molecule has 0 aliphatic carbocycles. The summed E-state index contributed by atoms with van der Waals surface area (Å²) in [5, 5.41) is 4.03. The van der Waals surface area contributed by atoms with Crippen LogP contribution in [0.5, 0.6) is 0 Å². The van der Waals surface area contributed by atoms with Crippen LogP contribution >= 0.6 is 27.3 Å². The molecule has 0 saturated carbocycles. The Morgan fingerprint density at radius 3 is 2.62 bits per heavy atom. The Labute approximate surface area is 108 Å². The summed E-state index contributed by atoms with van der Waals surface area (Å²) in [7, 11) is 1.90. The molecular formula is C12H13BrN2S. The summed E-state index contributed by atoms with van der Waals surface area (Å²) in [6.45, 7) is 0. The Morgan fingerprint density at radius 1 is 1.25 bits per heavy atom. The van der Waals surface area contributed by atoms with Crippen molar-refractivity contribution in [2.45, 2.75) is 12.8 Å². The zero-order valence-electron chi connectivity index (χ0n) is 9.03. The van der Waals surface area contributed by atoms with Crippen molar-refractivity contribution in [3.05, 3.63) is 45.4 Å². The summed E-state index contributed by atoms with van der Waals surface area (Å²) in [4.78, 5) is 4.50. The number of hydrogen-bond donors (Lipinski definition) is 1. The number of nitrogens with one attached hydrogen (secondary N) is 1. The second-order valence-corrected chi connectivity index (χ2v) is 5.79. The maximum Gasteiger partial charge on any atom is 0.183 e. The van der Waals surface area contributed by atoms with Gasteiger partial charge in [-0.1, -0.05) is 41.7 Å². The molecule has 2 aromatic rings. The molecule has 0 aliphatic rings. The fourth-order valence-corrected chi connectivity index (χ4v) is 2.94. The minimum Gasteiger partial charge on any atom is -0.365 e. The summed E-state index contributed by atoms with van der Waals surface area (Å²) in [5.74, 6) is 0. The lowest BCUT2D eigenvalue weighted by Crippen LogP contribution is -1.93. The molecule has 0 radical (unpaired) electrons. The molecule has 2 rings (SSSR count). The number of hydrogen-bond acceptors (Lipinski definition) is 3. The van der Waals surface area contributed by atoms with Gasteiger partial charge in [0.25, 0.3) is 0 Å². The van der Waals surface area contributed by atoms with Crippen molar-refractivity contribution in [1.82, 2.24) is 4.98 Å². The number of anilines is 1. The number of aryl methyl sites for hydroxylation is 2. The highest BCUT2D eigenvalue weighted by atomic mass is 79.9. The third-order valence-electron chi connectivity index (χ3n) is 2.36. The van der Waals surface area contributed by atoms with Crippen LogP contribution in [0.3, 0.4) is 0 Å². The van der Waals surface area contributed by atoms with Crippen molar-refractivity contribution in [3.63, 3.8) is 0 Å². The van der Waals surface area contributed by atoms with Crippen molar-refractivity contribution >= 4 is 32.4 Å². The molecule has 16 heavy (non-hydrogen) atoms. The number of nitrogens with zero attached hydrogens (tertiary/aromatic N) is 1. The lowest BCUT2D eigenvalue weighted by Gasteiger charge is -1.99. The smallest absolute Gasteiger partial charge is 0.183 e. The highest BCUT2D eigenvalue weighted by Gasteiger charge is 2.07. The number of halogens is 1. The summed E-state index contributed by atoms with van der Waals surface area (Å²) in [6, 6.07) is 10.5. The fraction of sp³-hybridized carbons (Fsp3) is 0.250. The van der Waals surface area contributed by atoms with Gasteiger partial charge >= 0.3 is 0 Å². The Hall–Kier alpha value is -0.870. The van der Waals surface area contributed by atoms with Crippen molar-refractivity contribution in [2.24, 2.45) is 0 Å². The highest BCUT2D eigenvalue weighted by Crippen LogP contribution is 2.28. The summed E-state index contributed by atoms with van der Waals surface area (Å²) in [5.41, 5.74) is 2.49. The molecule has 0 atom stereocenters. The van der Waals surface area contributed by atoms with Gasteiger partial charge < -0.3 is 5.32 Å². The second kappa shape index (κ2) is 5.46. The Bertz CT molecular complexity index is 453. The van der Waals surface area contributed by atoms with Crippen LogP contribution in [0.1, 0.15) is 11.3 Å². The molecular weight excluding hydrogens is 284 g/mol. The van der Waals surface area contributed by atoms with Crippen molar-refractivity contribution in [2.75, 3.05) is 12.4 Å². The summed E-state index contributed by atoms with van der Waals surface area (Å²) < 4.78 is 1.13. The third-order valence-corrected chi connectivity index (χ3v) is 4.20. The summed E-state index contributed by atoms with van der Waals surface area (Å²) >= 11 is 5.19. The fourth-order valence-electron chi connectivity index (χ4n) is 1.50. The molecule has 0 fully saturated rings. The quantitative estimate of drug-likeness (QED) is 0.930. The maximum atomic E-state index is 4.50. The molecule has 4 heteroatoms. The van der Waals surface area contributed by atoms with Crippen LogP contribution < -0.4 is 5.32 Å². The zero-order chi connectivity index (χ0) is 11.4. The van der Waals surface area contributed by atoms with Gasteiger partial charge in [-0.2, -0.15) is 0 Å². The van der Waals surface area contributed by atoms with E-state index in [0.717, 1.165) is 27.5 Å². The van der Waals surface area contributed by atoms with E-state index in [4.69, 9.17) is 0 Å². The van der Waals surface area contributed by atoms with Gasteiger partial charge in [0.05, 0.1) is 9.48 Å². The molecule has 0 bridgehead atoms. The largest absolute Gasteiger partial charge is 0.365 e. The molecule has 0 unspecified atom stereocenters. The first kappa shape index (κ1) is 11.6. The van der Waals surface area contributed by atoms with Crippen molar-refractivity contribution in [3.8, 4) is 0 Å². The molecule has 1 aromatic heterocycles. The molecule has 1 N–H and O–H groups in total. The molecule has 0 amide bonds. The SMILES string of the molecule is CNc1nc(CCc2ccccc2)c(Br)s1. The number of aromatic nitrogens is 1. The monoisotopic (exact) mass is 296 g/mol. The predicted octanol–water partition coefficient (Wildman–Crippen LogP) is 3.73. The van der Waals surface area contributed by atoms with E-state index in [1.54, 1.807) is 11.3 Å². The predicted molar refractivity (Wildman–Crippen MR) is 73.2 cm³/mol.